The molecule has 1 amide bonds. The number of nitrogens with one attached hydrogen (secondary N) is 1. The van der Waals surface area contributed by atoms with Gasteiger partial charge in [-0.1, -0.05) is 22.0 Å². The zero-order valence-electron chi connectivity index (χ0n) is 12.0. The molecule has 0 aliphatic carbocycles. The van der Waals surface area contributed by atoms with Crippen molar-refractivity contribution in [3.05, 3.63) is 57.3 Å². The Kier molecular flexibility index (Phi) is 3.74. The van der Waals surface area contributed by atoms with E-state index in [0.717, 1.165) is 21.3 Å². The maximum atomic E-state index is 13.8. The Labute approximate surface area is 135 Å². The van der Waals surface area contributed by atoms with Crippen molar-refractivity contribution in [2.24, 2.45) is 0 Å². The number of amides is 1. The minimum atomic E-state index is -0.457. The van der Waals surface area contributed by atoms with Gasteiger partial charge >= 0.3 is 0 Å². The van der Waals surface area contributed by atoms with Crippen LogP contribution in [0.25, 0.3) is 11.6 Å². The first-order valence-electron chi connectivity index (χ1n) is 6.67. The van der Waals surface area contributed by atoms with E-state index in [1.807, 2.05) is 19.1 Å². The Balaban J connectivity index is 2.12. The maximum absolute atomic E-state index is 13.8. The Morgan fingerprint density at radius 1 is 1.27 bits per heavy atom. The van der Waals surface area contributed by atoms with Crippen molar-refractivity contribution in [2.45, 2.75) is 6.92 Å². The molecule has 3 rings (SSSR count). The van der Waals surface area contributed by atoms with E-state index in [1.54, 1.807) is 18.2 Å². The van der Waals surface area contributed by atoms with Gasteiger partial charge in [-0.3, -0.25) is 4.79 Å². The fraction of sp³-hybridized carbons (Fsp3) is 0.118. The summed E-state index contributed by atoms with van der Waals surface area (Å²) in [7, 11) is 1.41. The first-order valence-corrected chi connectivity index (χ1v) is 7.46. The first kappa shape index (κ1) is 14.8. The molecule has 1 aliphatic rings. The third-order valence-corrected chi connectivity index (χ3v) is 4.51. The molecule has 1 heterocycles. The highest BCUT2D eigenvalue weighted by atomic mass is 79.9. The number of carbonyl (C=O) groups excluding carboxylic acids is 1. The molecule has 0 aromatic heterocycles. The van der Waals surface area contributed by atoms with Crippen LogP contribution in [0.1, 0.15) is 16.7 Å². The molecular weight excluding hydrogens is 349 g/mol. The monoisotopic (exact) mass is 361 g/mol. The summed E-state index contributed by atoms with van der Waals surface area (Å²) >= 11 is 3.47. The lowest BCUT2D eigenvalue weighted by molar-refractivity contribution is -0.110. The molecule has 5 heteroatoms. The second-order valence-electron chi connectivity index (χ2n) is 5.00. The first-order chi connectivity index (χ1) is 10.5. The van der Waals surface area contributed by atoms with Gasteiger partial charge < -0.3 is 10.1 Å². The summed E-state index contributed by atoms with van der Waals surface area (Å²) < 4.78 is 19.6. The van der Waals surface area contributed by atoms with Gasteiger partial charge in [0.2, 0.25) is 0 Å². The number of benzene rings is 2. The summed E-state index contributed by atoms with van der Waals surface area (Å²) in [6.45, 7) is 1.94. The molecule has 22 heavy (non-hydrogen) atoms. The standard InChI is InChI=1S/C17H13BrFNO2/c1-9-12(18)4-5-14-16(9)11(17(21)20-14)7-10-3-6-15(22-2)13(19)8-10/h3-8H,1-2H3,(H,20,21). The third-order valence-electron chi connectivity index (χ3n) is 3.65. The van der Waals surface area contributed by atoms with E-state index in [0.29, 0.717) is 11.1 Å². The predicted molar refractivity (Wildman–Crippen MR) is 88.3 cm³/mol. The predicted octanol–water partition coefficient (Wildman–Crippen LogP) is 4.40. The molecule has 0 spiro atoms. The van der Waals surface area contributed by atoms with Gasteiger partial charge in [0.05, 0.1) is 7.11 Å². The van der Waals surface area contributed by atoms with Gasteiger partial charge in [0.1, 0.15) is 0 Å². The Bertz CT molecular complexity index is 815. The molecule has 2 aromatic carbocycles. The smallest absolute Gasteiger partial charge is 0.256 e. The molecule has 0 radical (unpaired) electrons. The molecule has 0 saturated carbocycles. The normalized spacial score (nSPS) is 14.9. The molecule has 1 N–H and O–H groups in total. The van der Waals surface area contributed by atoms with Gasteiger partial charge in [0.15, 0.2) is 11.6 Å². The van der Waals surface area contributed by atoms with Gasteiger partial charge in [-0.05, 0) is 48.4 Å². The largest absolute Gasteiger partial charge is 0.494 e. The molecule has 2 aromatic rings. The average Bonchev–Trinajstić information content (AvgIpc) is 2.80. The lowest BCUT2D eigenvalue weighted by Gasteiger charge is -2.06. The highest BCUT2D eigenvalue weighted by Gasteiger charge is 2.26. The summed E-state index contributed by atoms with van der Waals surface area (Å²) in [6, 6.07) is 8.35. The van der Waals surface area contributed by atoms with Crippen LogP contribution in [0.2, 0.25) is 0 Å². The topological polar surface area (TPSA) is 38.3 Å². The van der Waals surface area contributed by atoms with E-state index in [-0.39, 0.29) is 11.7 Å². The molecule has 1 aliphatic heterocycles. The molecule has 112 valence electrons. The lowest BCUT2D eigenvalue weighted by Crippen LogP contribution is -2.03. The van der Waals surface area contributed by atoms with Crippen LogP contribution < -0.4 is 10.1 Å². The van der Waals surface area contributed by atoms with Crippen LogP contribution in [-0.2, 0) is 4.79 Å². The van der Waals surface area contributed by atoms with E-state index in [1.165, 1.54) is 13.2 Å². The average molecular weight is 362 g/mol. The summed E-state index contributed by atoms with van der Waals surface area (Å²) in [5.41, 5.74) is 3.71. The second-order valence-corrected chi connectivity index (χ2v) is 5.86. The van der Waals surface area contributed by atoms with Gasteiger partial charge in [-0.25, -0.2) is 4.39 Å². The Hall–Kier alpha value is -2.14. The van der Waals surface area contributed by atoms with E-state index < -0.39 is 5.82 Å². The van der Waals surface area contributed by atoms with Crippen LogP contribution in [-0.4, -0.2) is 13.0 Å². The van der Waals surface area contributed by atoms with Crippen molar-refractivity contribution in [1.82, 2.24) is 0 Å². The highest BCUT2D eigenvalue weighted by molar-refractivity contribution is 9.10. The number of hydrogen-bond donors (Lipinski definition) is 1. The van der Waals surface area contributed by atoms with Crippen LogP contribution in [0.4, 0.5) is 10.1 Å². The number of carbonyl (C=O) groups is 1. The Morgan fingerprint density at radius 3 is 2.73 bits per heavy atom. The summed E-state index contributed by atoms with van der Waals surface area (Å²) in [4.78, 5) is 12.2. The van der Waals surface area contributed by atoms with E-state index in [4.69, 9.17) is 4.74 Å². The SMILES string of the molecule is COc1ccc(C=C2C(=O)Nc3ccc(Br)c(C)c32)cc1F. The van der Waals surface area contributed by atoms with Crippen molar-refractivity contribution in [2.75, 3.05) is 12.4 Å². The van der Waals surface area contributed by atoms with Gasteiger partial charge in [-0.2, -0.15) is 0 Å². The number of halogens is 2. The zero-order valence-corrected chi connectivity index (χ0v) is 13.6. The molecule has 0 atom stereocenters. The van der Waals surface area contributed by atoms with Crippen LogP contribution in [0.5, 0.6) is 5.75 Å². The summed E-state index contributed by atoms with van der Waals surface area (Å²) in [5, 5.41) is 2.83. The van der Waals surface area contributed by atoms with Crippen molar-refractivity contribution < 1.29 is 13.9 Å². The number of fused-ring (bicyclic) bond motifs is 1. The number of ether oxygens (including phenoxy) is 1. The maximum Gasteiger partial charge on any atom is 0.256 e. The summed E-state index contributed by atoms with van der Waals surface area (Å²) in [6.07, 6.45) is 1.68. The minimum absolute atomic E-state index is 0.178. The van der Waals surface area contributed by atoms with Gasteiger partial charge in [0, 0.05) is 21.3 Å². The van der Waals surface area contributed by atoms with Gasteiger partial charge in [0.25, 0.3) is 5.91 Å². The fourth-order valence-corrected chi connectivity index (χ4v) is 2.85. The van der Waals surface area contributed by atoms with E-state index >= 15 is 0 Å². The minimum Gasteiger partial charge on any atom is -0.494 e. The molecular formula is C17H13BrFNO2. The lowest BCUT2D eigenvalue weighted by atomic mass is 9.99. The van der Waals surface area contributed by atoms with E-state index in [2.05, 4.69) is 21.2 Å². The van der Waals surface area contributed by atoms with Crippen molar-refractivity contribution in [3.63, 3.8) is 0 Å². The van der Waals surface area contributed by atoms with Crippen molar-refractivity contribution in [3.8, 4) is 5.75 Å². The van der Waals surface area contributed by atoms with Crippen LogP contribution in [0.3, 0.4) is 0 Å². The molecule has 0 bridgehead atoms. The van der Waals surface area contributed by atoms with Crippen LogP contribution in [0, 0.1) is 12.7 Å². The zero-order chi connectivity index (χ0) is 15.9. The number of rotatable bonds is 2. The van der Waals surface area contributed by atoms with E-state index in [9.17, 15) is 9.18 Å². The molecule has 3 nitrogen and oxygen atoms in total. The highest BCUT2D eigenvalue weighted by Crippen LogP contribution is 2.38. The molecule has 0 saturated heterocycles. The number of methoxy groups -OCH3 is 1. The number of anilines is 1. The fourth-order valence-electron chi connectivity index (χ4n) is 2.52. The number of hydrogen-bond acceptors (Lipinski definition) is 2. The van der Waals surface area contributed by atoms with Crippen LogP contribution in [0.15, 0.2) is 34.8 Å². The Morgan fingerprint density at radius 2 is 2.05 bits per heavy atom. The quantitative estimate of drug-likeness (QED) is 0.805. The third kappa shape index (κ3) is 2.41. The molecule has 0 unspecified atom stereocenters. The van der Waals surface area contributed by atoms with Crippen LogP contribution >= 0.6 is 15.9 Å². The van der Waals surface area contributed by atoms with Crippen molar-refractivity contribution in [1.29, 1.82) is 0 Å². The molecule has 0 fully saturated rings. The van der Waals surface area contributed by atoms with Gasteiger partial charge in [-0.15, -0.1) is 0 Å². The van der Waals surface area contributed by atoms with Crippen molar-refractivity contribution >= 4 is 39.2 Å². The second kappa shape index (κ2) is 5.57. The summed E-state index contributed by atoms with van der Waals surface area (Å²) in [5.74, 6) is -0.466.